The van der Waals surface area contributed by atoms with E-state index in [4.69, 9.17) is 14.2 Å². The van der Waals surface area contributed by atoms with Crippen LogP contribution < -0.4 is 0 Å². The zero-order chi connectivity index (χ0) is 20.1. The molecule has 9 atom stereocenters. The van der Waals surface area contributed by atoms with Gasteiger partial charge in [0.15, 0.2) is 0 Å². The molecule has 1 aliphatic carbocycles. The van der Waals surface area contributed by atoms with Crippen molar-refractivity contribution in [1.29, 1.82) is 0 Å². The normalized spacial score (nSPS) is 49.8. The van der Waals surface area contributed by atoms with Gasteiger partial charge in [0.05, 0.1) is 24.4 Å². The van der Waals surface area contributed by atoms with Crippen molar-refractivity contribution < 1.29 is 19.0 Å². The van der Waals surface area contributed by atoms with E-state index in [-0.39, 0.29) is 35.8 Å². The Kier molecular flexibility index (Phi) is 5.65. The SMILES string of the molecule is CCCC(=O)O[C@H]1[C@@H]2[C@@H]3[C@@H](C[C@H]1C)[C@@H](C)CO[C@@]1(C)CC/C=C(/C)C[C@@H]2O[C@@H]31. The van der Waals surface area contributed by atoms with E-state index in [1.165, 1.54) is 5.57 Å². The summed E-state index contributed by atoms with van der Waals surface area (Å²) in [6.07, 6.45) is 8.02. The van der Waals surface area contributed by atoms with E-state index in [2.05, 4.69) is 33.8 Å². The summed E-state index contributed by atoms with van der Waals surface area (Å²) in [6, 6.07) is 0. The number of ether oxygens (including phenoxy) is 3. The lowest BCUT2D eigenvalue weighted by atomic mass is 9.59. The minimum Gasteiger partial charge on any atom is -0.462 e. The van der Waals surface area contributed by atoms with Gasteiger partial charge < -0.3 is 14.2 Å². The van der Waals surface area contributed by atoms with Gasteiger partial charge in [-0.3, -0.25) is 4.79 Å². The second-order valence-corrected chi connectivity index (χ2v) is 10.2. The minimum atomic E-state index is -0.250. The fourth-order valence-corrected chi connectivity index (χ4v) is 6.56. The minimum absolute atomic E-state index is 0.0305. The maximum atomic E-state index is 12.4. The number of fused-ring (bicyclic) bond motifs is 2. The predicted molar refractivity (Wildman–Crippen MR) is 109 cm³/mol. The van der Waals surface area contributed by atoms with Gasteiger partial charge in [-0.2, -0.15) is 0 Å². The molecule has 2 saturated heterocycles. The van der Waals surface area contributed by atoms with Crippen LogP contribution in [0.4, 0.5) is 0 Å². The molecule has 3 fully saturated rings. The molecule has 0 unspecified atom stereocenters. The summed E-state index contributed by atoms with van der Waals surface area (Å²) in [5.74, 6) is 2.14. The van der Waals surface area contributed by atoms with Gasteiger partial charge in [0.2, 0.25) is 0 Å². The van der Waals surface area contributed by atoms with Crippen LogP contribution in [-0.4, -0.2) is 36.5 Å². The number of carbonyl (C=O) groups is 1. The fraction of sp³-hybridized carbons (Fsp3) is 0.875. The van der Waals surface area contributed by atoms with Gasteiger partial charge in [0.1, 0.15) is 6.10 Å². The topological polar surface area (TPSA) is 44.8 Å². The first-order chi connectivity index (χ1) is 13.3. The first-order valence-corrected chi connectivity index (χ1v) is 11.5. The van der Waals surface area contributed by atoms with E-state index in [0.29, 0.717) is 30.1 Å². The van der Waals surface area contributed by atoms with Gasteiger partial charge in [0.25, 0.3) is 0 Å². The van der Waals surface area contributed by atoms with Crippen molar-refractivity contribution in [2.24, 2.45) is 29.6 Å². The molecule has 158 valence electrons. The van der Waals surface area contributed by atoms with Gasteiger partial charge in [-0.1, -0.05) is 32.4 Å². The molecule has 4 aliphatic rings. The van der Waals surface area contributed by atoms with Crippen LogP contribution >= 0.6 is 0 Å². The highest BCUT2D eigenvalue weighted by Crippen LogP contribution is 2.57. The first kappa shape index (κ1) is 20.4. The molecule has 4 rings (SSSR count). The Balaban J connectivity index is 1.74. The summed E-state index contributed by atoms with van der Waals surface area (Å²) in [5, 5.41) is 0. The van der Waals surface area contributed by atoms with Crippen molar-refractivity contribution in [2.45, 2.75) is 97.1 Å². The summed E-state index contributed by atoms with van der Waals surface area (Å²) >= 11 is 0. The van der Waals surface area contributed by atoms with Gasteiger partial charge in [-0.15, -0.1) is 0 Å². The predicted octanol–water partition coefficient (Wildman–Crippen LogP) is 4.91. The molecular formula is C24H38O4. The third-order valence-corrected chi connectivity index (χ3v) is 8.01. The summed E-state index contributed by atoms with van der Waals surface area (Å²) in [4.78, 5) is 12.4. The lowest BCUT2D eigenvalue weighted by Gasteiger charge is -2.46. The number of allylic oxidation sites excluding steroid dienone is 1. The maximum absolute atomic E-state index is 12.4. The summed E-state index contributed by atoms with van der Waals surface area (Å²) in [5.41, 5.74) is 1.15. The quantitative estimate of drug-likeness (QED) is 0.507. The number of hydrogen-bond acceptors (Lipinski definition) is 4. The van der Waals surface area contributed by atoms with Crippen molar-refractivity contribution in [3.63, 3.8) is 0 Å². The molecular weight excluding hydrogens is 352 g/mol. The van der Waals surface area contributed by atoms with E-state index in [0.717, 1.165) is 38.7 Å². The van der Waals surface area contributed by atoms with Gasteiger partial charge in [-0.05, 0) is 69.6 Å². The number of hydrogen-bond donors (Lipinski definition) is 0. The number of carbonyl (C=O) groups excluding carboxylic acids is 1. The van der Waals surface area contributed by atoms with Gasteiger partial charge >= 0.3 is 5.97 Å². The van der Waals surface area contributed by atoms with Crippen molar-refractivity contribution in [3.8, 4) is 0 Å². The lowest BCUT2D eigenvalue weighted by Crippen LogP contribution is -2.52. The Morgan fingerprint density at radius 1 is 1.29 bits per heavy atom. The van der Waals surface area contributed by atoms with E-state index in [1.807, 2.05) is 6.92 Å². The first-order valence-electron chi connectivity index (χ1n) is 11.5. The molecule has 0 amide bonds. The monoisotopic (exact) mass is 390 g/mol. The Morgan fingerprint density at radius 3 is 2.82 bits per heavy atom. The summed E-state index contributed by atoms with van der Waals surface area (Å²) in [6.45, 7) is 11.9. The molecule has 28 heavy (non-hydrogen) atoms. The summed E-state index contributed by atoms with van der Waals surface area (Å²) in [7, 11) is 0. The maximum Gasteiger partial charge on any atom is 0.306 e. The van der Waals surface area contributed by atoms with Crippen LogP contribution in [0.1, 0.15) is 73.1 Å². The van der Waals surface area contributed by atoms with Crippen LogP contribution in [-0.2, 0) is 19.0 Å². The standard InChI is InChI=1S/C24H38O4/c1-6-8-19(25)28-22-15(3)12-17-16(4)13-26-24(5)10-7-9-14(2)11-18-21(22)20(17)23(24)27-18/h9,15-18,20-23H,6-8,10-13H2,1-5H3/b14-9-/t15-,16+,17+,18+,20+,21+,22-,23+,24+/m1/s1. The molecule has 0 spiro atoms. The van der Waals surface area contributed by atoms with E-state index < -0.39 is 0 Å². The highest BCUT2D eigenvalue weighted by molar-refractivity contribution is 5.69. The molecule has 1 saturated carbocycles. The van der Waals surface area contributed by atoms with Crippen molar-refractivity contribution >= 4 is 5.97 Å². The van der Waals surface area contributed by atoms with Crippen LogP contribution in [0.2, 0.25) is 0 Å². The summed E-state index contributed by atoms with van der Waals surface area (Å²) < 4.78 is 19.5. The molecule has 2 bridgehead atoms. The Labute approximate surface area is 170 Å². The van der Waals surface area contributed by atoms with Crippen molar-refractivity contribution in [1.82, 2.24) is 0 Å². The molecule has 0 N–H and O–H groups in total. The van der Waals surface area contributed by atoms with Crippen molar-refractivity contribution in [2.75, 3.05) is 6.61 Å². The third-order valence-electron chi connectivity index (χ3n) is 8.01. The average molecular weight is 391 g/mol. The van der Waals surface area contributed by atoms with E-state index >= 15 is 0 Å². The van der Waals surface area contributed by atoms with Crippen LogP contribution in [0, 0.1) is 29.6 Å². The molecule has 4 heteroatoms. The molecule has 3 heterocycles. The molecule has 0 aromatic carbocycles. The molecule has 0 aromatic rings. The second kappa shape index (κ2) is 7.75. The highest BCUT2D eigenvalue weighted by Gasteiger charge is 2.62. The number of rotatable bonds is 3. The Bertz CT molecular complexity index is 628. The van der Waals surface area contributed by atoms with E-state index in [1.54, 1.807) is 0 Å². The fourth-order valence-electron chi connectivity index (χ4n) is 6.56. The average Bonchev–Trinajstić information content (AvgIpc) is 2.99. The Morgan fingerprint density at radius 2 is 2.07 bits per heavy atom. The van der Waals surface area contributed by atoms with Gasteiger partial charge in [0, 0.05) is 12.3 Å². The van der Waals surface area contributed by atoms with Crippen LogP contribution in [0.3, 0.4) is 0 Å². The van der Waals surface area contributed by atoms with Crippen LogP contribution in [0.15, 0.2) is 11.6 Å². The molecule has 0 radical (unpaired) electrons. The largest absolute Gasteiger partial charge is 0.462 e. The molecule has 3 aliphatic heterocycles. The zero-order valence-corrected chi connectivity index (χ0v) is 18.3. The third kappa shape index (κ3) is 3.45. The van der Waals surface area contributed by atoms with Crippen LogP contribution in [0.25, 0.3) is 0 Å². The zero-order valence-electron chi connectivity index (χ0n) is 18.3. The second-order valence-electron chi connectivity index (χ2n) is 10.2. The number of esters is 1. The molecule has 4 nitrogen and oxygen atoms in total. The molecule has 0 aromatic heterocycles. The Hall–Kier alpha value is -0.870. The van der Waals surface area contributed by atoms with Crippen molar-refractivity contribution in [3.05, 3.63) is 11.6 Å². The van der Waals surface area contributed by atoms with E-state index in [9.17, 15) is 4.79 Å². The smallest absolute Gasteiger partial charge is 0.306 e. The van der Waals surface area contributed by atoms with Crippen LogP contribution in [0.5, 0.6) is 0 Å². The van der Waals surface area contributed by atoms with Gasteiger partial charge in [-0.25, -0.2) is 0 Å². The highest BCUT2D eigenvalue weighted by atomic mass is 16.6. The lowest BCUT2D eigenvalue weighted by molar-refractivity contribution is -0.163.